The first-order valence-corrected chi connectivity index (χ1v) is 2.94. The van der Waals surface area contributed by atoms with Crippen LogP contribution in [0.1, 0.15) is 0 Å². The van der Waals surface area contributed by atoms with Gasteiger partial charge in [-0.05, 0) is 18.2 Å². The van der Waals surface area contributed by atoms with Crippen LogP contribution in [0, 0.1) is 6.07 Å². The van der Waals surface area contributed by atoms with Crippen molar-refractivity contribution in [1.29, 1.82) is 0 Å². The maximum absolute atomic E-state index is 11.6. The van der Waals surface area contributed by atoms with Crippen molar-refractivity contribution >= 4 is 0 Å². The average molecular weight is 177 g/mol. The van der Waals surface area contributed by atoms with Crippen LogP contribution in [-0.2, 0) is 0 Å². The second-order valence-electron chi connectivity index (χ2n) is 1.94. The van der Waals surface area contributed by atoms with Crippen molar-refractivity contribution in [1.82, 2.24) is 0 Å². The molecule has 0 fully saturated rings. The molecule has 65 valence electrons. The van der Waals surface area contributed by atoms with E-state index >= 15 is 0 Å². The zero-order chi connectivity index (χ0) is 9.19. The Bertz CT molecular complexity index is 270. The molecule has 1 rings (SSSR count). The number of rotatable bonds is 1. The van der Waals surface area contributed by atoms with Crippen LogP contribution in [0.25, 0.3) is 0 Å². The van der Waals surface area contributed by atoms with Gasteiger partial charge in [-0.25, -0.2) is 0 Å². The second-order valence-corrected chi connectivity index (χ2v) is 1.94. The zero-order valence-corrected chi connectivity index (χ0v) is 5.72. The Morgan fingerprint density at radius 2 is 2.08 bits per heavy atom. The number of phenols is 1. The standard InChI is InChI=1S/C7H4F3O2/c8-7(9,10)12-6-4-2-1-3-5(6)11/h1,3-4,11H. The third-order valence-corrected chi connectivity index (χ3v) is 1.03. The number of hydrogen-bond acceptors (Lipinski definition) is 2. The predicted molar refractivity (Wildman–Crippen MR) is 33.6 cm³/mol. The van der Waals surface area contributed by atoms with E-state index < -0.39 is 17.9 Å². The number of aromatic hydroxyl groups is 1. The van der Waals surface area contributed by atoms with Crippen LogP contribution in [0.5, 0.6) is 11.5 Å². The predicted octanol–water partition coefficient (Wildman–Crippen LogP) is 2.09. The number of benzene rings is 1. The minimum atomic E-state index is -4.79. The summed E-state index contributed by atoms with van der Waals surface area (Å²) in [7, 11) is 0. The fourth-order valence-electron chi connectivity index (χ4n) is 0.613. The van der Waals surface area contributed by atoms with Gasteiger partial charge in [-0.3, -0.25) is 0 Å². The first-order valence-electron chi connectivity index (χ1n) is 2.94. The molecule has 0 amide bonds. The maximum atomic E-state index is 11.6. The summed E-state index contributed by atoms with van der Waals surface area (Å²) in [5.74, 6) is -1.21. The fraction of sp³-hybridized carbons (Fsp3) is 0.143. The summed E-state index contributed by atoms with van der Waals surface area (Å²) >= 11 is 0. The van der Waals surface area contributed by atoms with Crippen LogP contribution < -0.4 is 4.74 Å². The monoisotopic (exact) mass is 177 g/mol. The van der Waals surface area contributed by atoms with Crippen molar-refractivity contribution in [3.05, 3.63) is 24.3 Å². The van der Waals surface area contributed by atoms with Gasteiger partial charge in [0.1, 0.15) is 0 Å². The lowest BCUT2D eigenvalue weighted by Crippen LogP contribution is -2.17. The highest BCUT2D eigenvalue weighted by Crippen LogP contribution is 2.29. The number of hydrogen-bond donors (Lipinski definition) is 1. The Morgan fingerprint density at radius 3 is 2.58 bits per heavy atom. The first-order chi connectivity index (χ1) is 5.49. The molecule has 1 radical (unpaired) electrons. The quantitative estimate of drug-likeness (QED) is 0.711. The van der Waals surface area contributed by atoms with E-state index in [-0.39, 0.29) is 0 Å². The van der Waals surface area contributed by atoms with E-state index in [1.807, 2.05) is 0 Å². The molecule has 0 saturated carbocycles. The van der Waals surface area contributed by atoms with E-state index in [1.54, 1.807) is 0 Å². The van der Waals surface area contributed by atoms with Gasteiger partial charge in [0.15, 0.2) is 11.5 Å². The van der Waals surface area contributed by atoms with Crippen LogP contribution >= 0.6 is 0 Å². The average Bonchev–Trinajstić information content (AvgIpc) is 1.91. The molecule has 0 atom stereocenters. The largest absolute Gasteiger partial charge is 0.573 e. The molecule has 0 spiro atoms. The molecule has 5 heteroatoms. The second kappa shape index (κ2) is 2.92. The van der Waals surface area contributed by atoms with Crippen molar-refractivity contribution in [3.63, 3.8) is 0 Å². The van der Waals surface area contributed by atoms with E-state index in [0.29, 0.717) is 0 Å². The van der Waals surface area contributed by atoms with Crippen molar-refractivity contribution in [2.24, 2.45) is 0 Å². The zero-order valence-electron chi connectivity index (χ0n) is 5.72. The molecular formula is C7H4F3O2. The van der Waals surface area contributed by atoms with E-state index in [1.165, 1.54) is 6.07 Å². The van der Waals surface area contributed by atoms with Crippen molar-refractivity contribution in [2.75, 3.05) is 0 Å². The minimum absolute atomic E-state index is 0.564. The number of alkyl halides is 3. The molecule has 0 aromatic heterocycles. The van der Waals surface area contributed by atoms with Crippen molar-refractivity contribution in [3.8, 4) is 11.5 Å². The molecule has 0 saturated heterocycles. The third-order valence-electron chi connectivity index (χ3n) is 1.03. The molecule has 12 heavy (non-hydrogen) atoms. The van der Waals surface area contributed by atoms with Gasteiger partial charge in [0, 0.05) is 0 Å². The summed E-state index contributed by atoms with van der Waals surface area (Å²) in [6.45, 7) is 0. The molecule has 0 heterocycles. The number of phenolic OH excluding ortho intramolecular Hbond substituents is 1. The van der Waals surface area contributed by atoms with Gasteiger partial charge in [-0.1, -0.05) is 6.07 Å². The molecule has 0 aliphatic rings. The smallest absolute Gasteiger partial charge is 0.504 e. The highest BCUT2D eigenvalue weighted by Gasteiger charge is 2.32. The first kappa shape index (κ1) is 8.70. The Kier molecular flexibility index (Phi) is 2.12. The van der Waals surface area contributed by atoms with Crippen molar-refractivity contribution in [2.45, 2.75) is 6.36 Å². The van der Waals surface area contributed by atoms with Crippen LogP contribution in [-0.4, -0.2) is 11.5 Å². The Morgan fingerprint density at radius 1 is 1.42 bits per heavy atom. The normalized spacial score (nSPS) is 11.2. The molecular weight excluding hydrogens is 173 g/mol. The van der Waals surface area contributed by atoms with Crippen LogP contribution in [0.3, 0.4) is 0 Å². The van der Waals surface area contributed by atoms with E-state index in [4.69, 9.17) is 5.11 Å². The molecule has 0 aliphatic carbocycles. The lowest BCUT2D eigenvalue weighted by molar-refractivity contribution is -0.275. The summed E-state index contributed by atoms with van der Waals surface area (Å²) in [4.78, 5) is 0. The molecule has 0 aliphatic heterocycles. The topological polar surface area (TPSA) is 29.5 Å². The lowest BCUT2D eigenvalue weighted by atomic mass is 10.3. The van der Waals surface area contributed by atoms with Gasteiger partial charge in [0.05, 0.1) is 0 Å². The minimum Gasteiger partial charge on any atom is -0.504 e. The molecule has 0 bridgehead atoms. The lowest BCUT2D eigenvalue weighted by Gasteiger charge is -2.08. The summed E-state index contributed by atoms with van der Waals surface area (Å²) in [5.41, 5.74) is 0. The fourth-order valence-corrected chi connectivity index (χ4v) is 0.613. The molecule has 1 aromatic rings. The highest BCUT2D eigenvalue weighted by atomic mass is 19.4. The van der Waals surface area contributed by atoms with Gasteiger partial charge in [-0.2, -0.15) is 0 Å². The Labute approximate surface area is 66.2 Å². The van der Waals surface area contributed by atoms with Crippen molar-refractivity contribution < 1.29 is 23.0 Å². The Balaban J connectivity index is 2.83. The Hall–Kier alpha value is -1.39. The van der Waals surface area contributed by atoms with E-state index in [9.17, 15) is 13.2 Å². The molecule has 1 aromatic carbocycles. The highest BCUT2D eigenvalue weighted by molar-refractivity contribution is 5.37. The summed E-state index contributed by atoms with van der Waals surface area (Å²) in [6, 6.07) is 5.58. The van der Waals surface area contributed by atoms with Gasteiger partial charge in [-0.15, -0.1) is 13.2 Å². The van der Waals surface area contributed by atoms with E-state index in [0.717, 1.165) is 12.1 Å². The number of halogens is 3. The van der Waals surface area contributed by atoms with E-state index in [2.05, 4.69) is 10.8 Å². The maximum Gasteiger partial charge on any atom is 0.573 e. The summed E-state index contributed by atoms with van der Waals surface area (Å²) in [5, 5.41) is 8.83. The SMILES string of the molecule is Oc1cc[c]cc1OC(F)(F)F. The third kappa shape index (κ3) is 2.34. The molecule has 2 nitrogen and oxygen atoms in total. The van der Waals surface area contributed by atoms with Crippen LogP contribution in [0.4, 0.5) is 13.2 Å². The molecule has 1 N–H and O–H groups in total. The van der Waals surface area contributed by atoms with Gasteiger partial charge in [0.2, 0.25) is 0 Å². The van der Waals surface area contributed by atoms with Crippen LogP contribution in [0.2, 0.25) is 0 Å². The summed E-state index contributed by atoms with van der Waals surface area (Å²) in [6.07, 6.45) is -4.79. The number of ether oxygens (including phenoxy) is 1. The van der Waals surface area contributed by atoms with Gasteiger partial charge >= 0.3 is 6.36 Å². The summed E-state index contributed by atoms with van der Waals surface area (Å²) < 4.78 is 38.2. The molecule has 0 unspecified atom stereocenters. The van der Waals surface area contributed by atoms with Gasteiger partial charge in [0.25, 0.3) is 0 Å². The van der Waals surface area contributed by atoms with Gasteiger partial charge < -0.3 is 9.84 Å². The van der Waals surface area contributed by atoms with Crippen LogP contribution in [0.15, 0.2) is 18.2 Å².